The van der Waals surface area contributed by atoms with Gasteiger partial charge in [-0.1, -0.05) is 30.3 Å². The van der Waals surface area contributed by atoms with Crippen LogP contribution in [0.2, 0.25) is 0 Å². The second kappa shape index (κ2) is 7.53. The lowest BCUT2D eigenvalue weighted by molar-refractivity contribution is 0.482. The number of hydrogen-bond acceptors (Lipinski definition) is 6. The molecule has 4 aromatic rings. The van der Waals surface area contributed by atoms with Gasteiger partial charge in [0.2, 0.25) is 5.95 Å². The van der Waals surface area contributed by atoms with Crippen molar-refractivity contribution in [2.45, 2.75) is 0 Å². The fourth-order valence-electron chi connectivity index (χ4n) is 2.58. The first-order valence-electron chi connectivity index (χ1n) is 8.41. The molecule has 4 rings (SSSR count). The molecule has 0 aliphatic heterocycles. The minimum absolute atomic E-state index is 0.219. The molecular weight excluding hydrogens is 338 g/mol. The summed E-state index contributed by atoms with van der Waals surface area (Å²) in [5, 5.41) is 3.25. The Bertz CT molecular complexity index is 1020. The normalized spacial score (nSPS) is 10.4. The number of hydrogen-bond donors (Lipinski definition) is 2. The summed E-state index contributed by atoms with van der Waals surface area (Å²) < 4.78 is 5.77. The van der Waals surface area contributed by atoms with Crippen molar-refractivity contribution in [3.05, 3.63) is 85.2 Å². The molecule has 2 heterocycles. The molecule has 0 aliphatic rings. The molecule has 3 N–H and O–H groups in total. The Morgan fingerprint density at radius 1 is 0.778 bits per heavy atom. The molecule has 0 spiro atoms. The van der Waals surface area contributed by atoms with Crippen molar-refractivity contribution >= 4 is 17.5 Å². The van der Waals surface area contributed by atoms with E-state index in [0.717, 1.165) is 28.4 Å². The van der Waals surface area contributed by atoms with E-state index in [0.29, 0.717) is 5.82 Å². The van der Waals surface area contributed by atoms with Gasteiger partial charge in [-0.25, -0.2) is 4.98 Å². The maximum atomic E-state index is 5.87. The van der Waals surface area contributed by atoms with Gasteiger partial charge in [0, 0.05) is 29.7 Å². The Morgan fingerprint density at radius 3 is 2.22 bits per heavy atom. The summed E-state index contributed by atoms with van der Waals surface area (Å²) in [4.78, 5) is 12.5. The Kier molecular flexibility index (Phi) is 4.61. The number of benzene rings is 2. The van der Waals surface area contributed by atoms with Crippen molar-refractivity contribution < 1.29 is 4.74 Å². The van der Waals surface area contributed by atoms with E-state index in [-0.39, 0.29) is 5.95 Å². The Labute approximate surface area is 156 Å². The summed E-state index contributed by atoms with van der Waals surface area (Å²) in [6.45, 7) is 0. The number of nitrogen functional groups attached to an aromatic ring is 1. The zero-order valence-electron chi connectivity index (χ0n) is 14.4. The number of nitrogens with one attached hydrogen (secondary N) is 1. The van der Waals surface area contributed by atoms with Crippen LogP contribution in [0.3, 0.4) is 0 Å². The lowest BCUT2D eigenvalue weighted by Gasteiger charge is -2.10. The number of pyridine rings is 1. The molecular formula is C21H17N5O. The van der Waals surface area contributed by atoms with Gasteiger partial charge >= 0.3 is 0 Å². The summed E-state index contributed by atoms with van der Waals surface area (Å²) in [5.74, 6) is 2.32. The van der Waals surface area contributed by atoms with Crippen molar-refractivity contribution in [3.63, 3.8) is 0 Å². The molecule has 0 radical (unpaired) electrons. The predicted molar refractivity (Wildman–Crippen MR) is 106 cm³/mol. The number of nitrogens with zero attached hydrogens (tertiary/aromatic N) is 3. The van der Waals surface area contributed by atoms with Crippen molar-refractivity contribution in [2.24, 2.45) is 0 Å². The lowest BCUT2D eigenvalue weighted by Crippen LogP contribution is -2.01. The highest BCUT2D eigenvalue weighted by Gasteiger charge is 2.05. The van der Waals surface area contributed by atoms with E-state index in [2.05, 4.69) is 20.3 Å². The standard InChI is InChI=1S/C21H17N5O/c22-21-25-19(15-4-2-1-3-5-15)14-20(26-21)24-16-6-8-17(9-7-16)27-18-10-12-23-13-11-18/h1-14H,(H3,22,24,25,26). The molecule has 0 atom stereocenters. The van der Waals surface area contributed by atoms with Gasteiger partial charge in [-0.15, -0.1) is 0 Å². The van der Waals surface area contributed by atoms with Gasteiger partial charge in [-0.3, -0.25) is 4.98 Å². The summed E-state index contributed by atoms with van der Waals surface area (Å²) >= 11 is 0. The van der Waals surface area contributed by atoms with Crippen LogP contribution in [0.1, 0.15) is 0 Å². The van der Waals surface area contributed by atoms with Crippen molar-refractivity contribution in [1.82, 2.24) is 15.0 Å². The van der Waals surface area contributed by atoms with Crippen LogP contribution in [0.25, 0.3) is 11.3 Å². The quantitative estimate of drug-likeness (QED) is 0.542. The minimum atomic E-state index is 0.219. The van der Waals surface area contributed by atoms with Crippen LogP contribution < -0.4 is 15.8 Å². The monoisotopic (exact) mass is 355 g/mol. The predicted octanol–water partition coefficient (Wildman–Crippen LogP) is 4.66. The maximum absolute atomic E-state index is 5.87. The fourth-order valence-corrected chi connectivity index (χ4v) is 2.58. The van der Waals surface area contributed by atoms with Gasteiger partial charge in [0.05, 0.1) is 5.69 Å². The average molecular weight is 355 g/mol. The molecule has 0 bridgehead atoms. The number of rotatable bonds is 5. The van der Waals surface area contributed by atoms with Crippen LogP contribution in [0, 0.1) is 0 Å². The summed E-state index contributed by atoms with van der Waals surface area (Å²) in [6.07, 6.45) is 3.38. The third kappa shape index (κ3) is 4.19. The number of anilines is 3. The van der Waals surface area contributed by atoms with E-state index in [4.69, 9.17) is 10.5 Å². The SMILES string of the molecule is Nc1nc(Nc2ccc(Oc3ccncc3)cc2)cc(-c2ccccc2)n1. The highest BCUT2D eigenvalue weighted by molar-refractivity contribution is 5.67. The van der Waals surface area contributed by atoms with Crippen molar-refractivity contribution in [2.75, 3.05) is 11.1 Å². The second-order valence-corrected chi connectivity index (χ2v) is 5.80. The van der Waals surface area contributed by atoms with Crippen molar-refractivity contribution in [1.29, 1.82) is 0 Å². The smallest absolute Gasteiger partial charge is 0.222 e. The van der Waals surface area contributed by atoms with Gasteiger partial charge in [0.15, 0.2) is 0 Å². The second-order valence-electron chi connectivity index (χ2n) is 5.80. The molecule has 6 nitrogen and oxygen atoms in total. The molecule has 2 aromatic heterocycles. The fraction of sp³-hybridized carbons (Fsp3) is 0. The Balaban J connectivity index is 1.51. The Hall–Kier alpha value is -3.93. The van der Waals surface area contributed by atoms with Gasteiger partial charge in [0.1, 0.15) is 17.3 Å². The summed E-state index contributed by atoms with van der Waals surface area (Å²) in [6, 6.07) is 22.9. The maximum Gasteiger partial charge on any atom is 0.222 e. The van der Waals surface area contributed by atoms with E-state index >= 15 is 0 Å². The summed E-state index contributed by atoms with van der Waals surface area (Å²) in [5.41, 5.74) is 8.49. The highest BCUT2D eigenvalue weighted by Crippen LogP contribution is 2.25. The van der Waals surface area contributed by atoms with Gasteiger partial charge < -0.3 is 15.8 Å². The molecule has 0 saturated heterocycles. The molecule has 6 heteroatoms. The van der Waals surface area contributed by atoms with Crippen LogP contribution in [-0.2, 0) is 0 Å². The number of ether oxygens (including phenoxy) is 1. The third-order valence-corrected chi connectivity index (χ3v) is 3.83. The van der Waals surface area contributed by atoms with E-state index in [1.165, 1.54) is 0 Å². The van der Waals surface area contributed by atoms with E-state index < -0.39 is 0 Å². The van der Waals surface area contributed by atoms with Crippen molar-refractivity contribution in [3.8, 4) is 22.8 Å². The third-order valence-electron chi connectivity index (χ3n) is 3.83. The minimum Gasteiger partial charge on any atom is -0.457 e. The van der Waals surface area contributed by atoms with E-state index in [1.54, 1.807) is 24.5 Å². The van der Waals surface area contributed by atoms with Crippen LogP contribution >= 0.6 is 0 Å². The zero-order valence-corrected chi connectivity index (χ0v) is 14.4. The largest absolute Gasteiger partial charge is 0.457 e. The Morgan fingerprint density at radius 2 is 1.48 bits per heavy atom. The van der Waals surface area contributed by atoms with E-state index in [9.17, 15) is 0 Å². The first-order valence-corrected chi connectivity index (χ1v) is 8.41. The van der Waals surface area contributed by atoms with Crippen LogP contribution in [0.4, 0.5) is 17.5 Å². The van der Waals surface area contributed by atoms with Gasteiger partial charge in [-0.2, -0.15) is 4.98 Å². The first kappa shape index (κ1) is 16.5. The lowest BCUT2D eigenvalue weighted by atomic mass is 10.1. The molecule has 2 aromatic carbocycles. The molecule has 0 fully saturated rings. The summed E-state index contributed by atoms with van der Waals surface area (Å²) in [7, 11) is 0. The molecule has 0 aliphatic carbocycles. The van der Waals surface area contributed by atoms with Crippen LogP contribution in [0.5, 0.6) is 11.5 Å². The highest BCUT2D eigenvalue weighted by atomic mass is 16.5. The van der Waals surface area contributed by atoms with Crippen LogP contribution in [0.15, 0.2) is 85.2 Å². The molecule has 0 amide bonds. The van der Waals surface area contributed by atoms with E-state index in [1.807, 2.05) is 60.7 Å². The topological polar surface area (TPSA) is 86.0 Å². The van der Waals surface area contributed by atoms with Crippen LogP contribution in [-0.4, -0.2) is 15.0 Å². The molecule has 27 heavy (non-hydrogen) atoms. The molecule has 0 unspecified atom stereocenters. The number of nitrogens with two attached hydrogens (primary N) is 1. The van der Waals surface area contributed by atoms with Gasteiger partial charge in [-0.05, 0) is 36.4 Å². The average Bonchev–Trinajstić information content (AvgIpc) is 2.71. The molecule has 0 saturated carbocycles. The van der Waals surface area contributed by atoms with Gasteiger partial charge in [0.25, 0.3) is 0 Å². The zero-order chi connectivity index (χ0) is 18.5. The molecule has 132 valence electrons. The first-order chi connectivity index (χ1) is 13.3. The number of aromatic nitrogens is 3.